The van der Waals surface area contributed by atoms with Gasteiger partial charge in [0, 0.05) is 13.0 Å². The zero-order valence-corrected chi connectivity index (χ0v) is 10.9. The summed E-state index contributed by atoms with van der Waals surface area (Å²) in [6.45, 7) is -0.283. The molecule has 1 fully saturated rings. The first kappa shape index (κ1) is 16.2. The average molecular weight is 283 g/mol. The lowest BCUT2D eigenvalue weighted by Gasteiger charge is -2.32. The third kappa shape index (κ3) is 4.65. The van der Waals surface area contributed by atoms with Crippen LogP contribution in [-0.4, -0.2) is 43.6 Å². The molecule has 0 aromatic rings. The minimum absolute atomic E-state index is 0.00431. The highest BCUT2D eigenvalue weighted by atomic mass is 19.4. The van der Waals surface area contributed by atoms with E-state index in [-0.39, 0.29) is 26.1 Å². The van der Waals surface area contributed by atoms with Crippen molar-refractivity contribution >= 4 is 5.91 Å². The van der Waals surface area contributed by atoms with Crippen molar-refractivity contribution in [2.45, 2.75) is 37.9 Å². The van der Waals surface area contributed by atoms with Crippen LogP contribution in [0.2, 0.25) is 0 Å². The van der Waals surface area contributed by atoms with Crippen molar-refractivity contribution in [3.05, 3.63) is 0 Å². The topological polar surface area (TPSA) is 58.6 Å². The van der Waals surface area contributed by atoms with Gasteiger partial charge in [-0.05, 0) is 12.8 Å². The number of methoxy groups -OCH3 is 1. The molecule has 0 saturated heterocycles. The number of ether oxygens (including phenoxy) is 1. The van der Waals surface area contributed by atoms with E-state index in [2.05, 4.69) is 5.32 Å². The van der Waals surface area contributed by atoms with Gasteiger partial charge in [0.15, 0.2) is 0 Å². The third-order valence-corrected chi connectivity index (χ3v) is 3.46. The second-order valence-electron chi connectivity index (χ2n) is 4.88. The molecule has 1 amide bonds. The molecule has 3 atom stereocenters. The fourth-order valence-corrected chi connectivity index (χ4v) is 2.49. The van der Waals surface area contributed by atoms with E-state index >= 15 is 0 Å². The molecular weight excluding hydrogens is 263 g/mol. The summed E-state index contributed by atoms with van der Waals surface area (Å²) in [6, 6.07) is -0.659. The summed E-state index contributed by atoms with van der Waals surface area (Å²) in [5.41, 5.74) is 0. The maximum absolute atomic E-state index is 12.9. The van der Waals surface area contributed by atoms with E-state index < -0.39 is 30.0 Å². The van der Waals surface area contributed by atoms with Gasteiger partial charge in [0.05, 0.1) is 25.2 Å². The second-order valence-corrected chi connectivity index (χ2v) is 4.88. The third-order valence-electron chi connectivity index (χ3n) is 3.46. The van der Waals surface area contributed by atoms with Gasteiger partial charge < -0.3 is 15.2 Å². The molecule has 2 N–H and O–H groups in total. The molecule has 1 aliphatic carbocycles. The summed E-state index contributed by atoms with van der Waals surface area (Å²) in [6.07, 6.45) is -3.00. The van der Waals surface area contributed by atoms with Crippen LogP contribution in [-0.2, 0) is 9.53 Å². The van der Waals surface area contributed by atoms with Crippen molar-refractivity contribution in [3.63, 3.8) is 0 Å². The number of aliphatic hydroxyl groups is 1. The fourth-order valence-electron chi connectivity index (χ4n) is 2.49. The molecule has 3 unspecified atom stereocenters. The fraction of sp³-hybridized carbons (Fsp3) is 0.917. The minimum Gasteiger partial charge on any atom is -0.394 e. The highest BCUT2D eigenvalue weighted by Crippen LogP contribution is 2.41. The first-order valence-electron chi connectivity index (χ1n) is 6.37. The molecule has 1 saturated carbocycles. The first-order valence-corrected chi connectivity index (χ1v) is 6.37. The Morgan fingerprint density at radius 3 is 2.58 bits per heavy atom. The van der Waals surface area contributed by atoms with Crippen molar-refractivity contribution in [2.24, 2.45) is 11.8 Å². The van der Waals surface area contributed by atoms with E-state index in [0.29, 0.717) is 12.8 Å². The Morgan fingerprint density at radius 1 is 1.42 bits per heavy atom. The second kappa shape index (κ2) is 7.09. The molecular formula is C12H20F3NO3. The molecule has 112 valence electrons. The van der Waals surface area contributed by atoms with Crippen molar-refractivity contribution < 1.29 is 27.8 Å². The smallest absolute Gasteiger partial charge is 0.392 e. The van der Waals surface area contributed by atoms with E-state index in [1.807, 2.05) is 0 Å². The Hall–Kier alpha value is -0.820. The van der Waals surface area contributed by atoms with Gasteiger partial charge in [-0.1, -0.05) is 12.8 Å². The number of halogens is 3. The zero-order chi connectivity index (χ0) is 14.5. The summed E-state index contributed by atoms with van der Waals surface area (Å²) >= 11 is 0. The number of carbonyl (C=O) groups is 1. The van der Waals surface area contributed by atoms with Crippen LogP contribution >= 0.6 is 0 Å². The first-order chi connectivity index (χ1) is 8.90. The quantitative estimate of drug-likeness (QED) is 0.803. The van der Waals surface area contributed by atoms with E-state index in [9.17, 15) is 18.0 Å². The van der Waals surface area contributed by atoms with Crippen LogP contribution < -0.4 is 5.32 Å². The molecule has 0 bridgehead atoms. The maximum atomic E-state index is 12.9. The molecule has 1 aliphatic rings. The van der Waals surface area contributed by atoms with Gasteiger partial charge in [-0.3, -0.25) is 4.79 Å². The number of aliphatic hydroxyl groups excluding tert-OH is 1. The Bertz CT molecular complexity index is 296. The number of hydrogen-bond donors (Lipinski definition) is 2. The lowest BCUT2D eigenvalue weighted by molar-refractivity contribution is -0.198. The van der Waals surface area contributed by atoms with Crippen LogP contribution in [0.1, 0.15) is 25.7 Å². The summed E-state index contributed by atoms with van der Waals surface area (Å²) in [5.74, 6) is -3.28. The van der Waals surface area contributed by atoms with Crippen molar-refractivity contribution in [2.75, 3.05) is 20.3 Å². The molecule has 19 heavy (non-hydrogen) atoms. The minimum atomic E-state index is -4.35. The molecule has 0 heterocycles. The highest BCUT2D eigenvalue weighted by molar-refractivity contribution is 5.79. The normalized spacial score (nSPS) is 25.9. The van der Waals surface area contributed by atoms with Crippen molar-refractivity contribution in [1.82, 2.24) is 5.32 Å². The lowest BCUT2D eigenvalue weighted by Crippen LogP contribution is -2.48. The number of hydrogen-bond acceptors (Lipinski definition) is 3. The van der Waals surface area contributed by atoms with Crippen LogP contribution in [0.3, 0.4) is 0 Å². The van der Waals surface area contributed by atoms with Crippen LogP contribution in [0.25, 0.3) is 0 Å². The van der Waals surface area contributed by atoms with E-state index in [1.165, 1.54) is 7.11 Å². The lowest BCUT2D eigenvalue weighted by atomic mass is 9.78. The predicted molar refractivity (Wildman–Crippen MR) is 62.4 cm³/mol. The largest absolute Gasteiger partial charge is 0.394 e. The number of nitrogens with one attached hydrogen (secondary N) is 1. The maximum Gasteiger partial charge on any atom is 0.392 e. The van der Waals surface area contributed by atoms with Gasteiger partial charge in [0.25, 0.3) is 0 Å². The van der Waals surface area contributed by atoms with Crippen LogP contribution in [0.4, 0.5) is 13.2 Å². The number of carbonyl (C=O) groups excluding carboxylic acids is 1. The predicted octanol–water partition coefficient (Wildman–Crippen LogP) is 1.48. The molecule has 0 aromatic carbocycles. The molecule has 0 aliphatic heterocycles. The van der Waals surface area contributed by atoms with Gasteiger partial charge in [0.1, 0.15) is 0 Å². The summed E-state index contributed by atoms with van der Waals surface area (Å²) < 4.78 is 43.4. The van der Waals surface area contributed by atoms with Gasteiger partial charge in [0.2, 0.25) is 5.91 Å². The molecule has 0 aromatic heterocycles. The highest BCUT2D eigenvalue weighted by Gasteiger charge is 2.48. The molecule has 0 spiro atoms. The van der Waals surface area contributed by atoms with Crippen LogP contribution in [0.5, 0.6) is 0 Å². The molecule has 4 nitrogen and oxygen atoms in total. The monoisotopic (exact) mass is 283 g/mol. The Labute approximate surface area is 110 Å². The van der Waals surface area contributed by atoms with E-state index in [1.54, 1.807) is 0 Å². The number of amides is 1. The summed E-state index contributed by atoms with van der Waals surface area (Å²) in [5, 5.41) is 11.4. The molecule has 7 heteroatoms. The molecule has 1 rings (SSSR count). The molecule has 0 radical (unpaired) electrons. The van der Waals surface area contributed by atoms with Gasteiger partial charge in [-0.25, -0.2) is 0 Å². The summed E-state index contributed by atoms with van der Waals surface area (Å²) in [7, 11) is 1.40. The Kier molecular flexibility index (Phi) is 6.06. The average Bonchev–Trinajstić information content (AvgIpc) is 2.37. The van der Waals surface area contributed by atoms with Crippen LogP contribution in [0, 0.1) is 11.8 Å². The standard InChI is InChI=1S/C12H20F3NO3/c1-19-7-8(6-17)16-11(18)9-4-2-3-5-10(9)12(13,14)15/h8-10,17H,2-7H2,1H3,(H,16,18). The van der Waals surface area contributed by atoms with Gasteiger partial charge in [-0.2, -0.15) is 13.2 Å². The van der Waals surface area contributed by atoms with Crippen molar-refractivity contribution in [1.29, 1.82) is 0 Å². The van der Waals surface area contributed by atoms with E-state index in [4.69, 9.17) is 9.84 Å². The zero-order valence-electron chi connectivity index (χ0n) is 10.9. The van der Waals surface area contributed by atoms with Crippen molar-refractivity contribution in [3.8, 4) is 0 Å². The van der Waals surface area contributed by atoms with Gasteiger partial charge >= 0.3 is 6.18 Å². The Balaban J connectivity index is 2.66. The summed E-state index contributed by atoms with van der Waals surface area (Å²) in [4.78, 5) is 11.9. The SMILES string of the molecule is COCC(CO)NC(=O)C1CCCCC1C(F)(F)F. The van der Waals surface area contributed by atoms with Gasteiger partial charge in [-0.15, -0.1) is 0 Å². The number of alkyl halides is 3. The van der Waals surface area contributed by atoms with Crippen LogP contribution in [0.15, 0.2) is 0 Å². The van der Waals surface area contributed by atoms with E-state index in [0.717, 1.165) is 0 Å². The number of rotatable bonds is 5. The Morgan fingerprint density at radius 2 is 2.05 bits per heavy atom.